The zero-order valence-electron chi connectivity index (χ0n) is 7.40. The van der Waals surface area contributed by atoms with Crippen molar-refractivity contribution in [1.29, 1.82) is 0 Å². The Hall–Kier alpha value is -1.49. The number of ether oxygens (including phenoxy) is 1. The molecule has 2 aromatic rings. The fourth-order valence-corrected chi connectivity index (χ4v) is 1.72. The number of rotatable bonds is 2. The van der Waals surface area contributed by atoms with E-state index in [0.717, 1.165) is 10.6 Å². The molecule has 5 heteroatoms. The zero-order chi connectivity index (χ0) is 9.97. The van der Waals surface area contributed by atoms with Crippen molar-refractivity contribution in [3.05, 3.63) is 29.5 Å². The molecule has 0 fully saturated rings. The van der Waals surface area contributed by atoms with E-state index in [4.69, 9.17) is 4.74 Å². The van der Waals surface area contributed by atoms with Crippen molar-refractivity contribution in [2.45, 2.75) is 0 Å². The highest BCUT2D eigenvalue weighted by atomic mass is 32.1. The standard InChI is InChI=1S/C9H7FN2OS/c1-13-8-4-6(10)2-3-7(8)9-12-11-5-14-9/h2-5H,1H3. The fourth-order valence-electron chi connectivity index (χ4n) is 1.13. The highest BCUT2D eigenvalue weighted by molar-refractivity contribution is 7.12. The van der Waals surface area contributed by atoms with E-state index in [1.54, 1.807) is 11.6 Å². The number of hydrogen-bond donors (Lipinski definition) is 0. The number of nitrogens with zero attached hydrogens (tertiary/aromatic N) is 2. The van der Waals surface area contributed by atoms with Gasteiger partial charge in [-0.15, -0.1) is 10.2 Å². The molecule has 0 bridgehead atoms. The number of methoxy groups -OCH3 is 1. The molecule has 0 saturated carbocycles. The molecule has 2 rings (SSSR count). The summed E-state index contributed by atoms with van der Waals surface area (Å²) in [6.45, 7) is 0. The van der Waals surface area contributed by atoms with Gasteiger partial charge in [0.1, 0.15) is 17.1 Å². The molecule has 0 aliphatic rings. The highest BCUT2D eigenvalue weighted by Crippen LogP contribution is 2.30. The highest BCUT2D eigenvalue weighted by Gasteiger charge is 2.09. The first kappa shape index (κ1) is 9.08. The van der Waals surface area contributed by atoms with E-state index in [1.807, 2.05) is 0 Å². The summed E-state index contributed by atoms with van der Waals surface area (Å²) in [7, 11) is 1.50. The predicted octanol–water partition coefficient (Wildman–Crippen LogP) is 2.35. The van der Waals surface area contributed by atoms with E-state index in [-0.39, 0.29) is 5.82 Å². The lowest BCUT2D eigenvalue weighted by atomic mass is 10.2. The van der Waals surface area contributed by atoms with E-state index in [0.29, 0.717) is 5.75 Å². The van der Waals surface area contributed by atoms with E-state index in [1.165, 1.54) is 30.6 Å². The number of halogens is 1. The Morgan fingerprint density at radius 3 is 2.93 bits per heavy atom. The SMILES string of the molecule is COc1cc(F)ccc1-c1nncs1. The summed E-state index contributed by atoms with van der Waals surface area (Å²) in [4.78, 5) is 0. The topological polar surface area (TPSA) is 35.0 Å². The predicted molar refractivity (Wildman–Crippen MR) is 51.9 cm³/mol. The minimum Gasteiger partial charge on any atom is -0.496 e. The summed E-state index contributed by atoms with van der Waals surface area (Å²) in [6, 6.07) is 4.34. The molecule has 0 unspecified atom stereocenters. The first-order chi connectivity index (χ1) is 6.81. The van der Waals surface area contributed by atoms with Gasteiger partial charge >= 0.3 is 0 Å². The molecule has 1 aromatic heterocycles. The summed E-state index contributed by atoms with van der Waals surface area (Å²) < 4.78 is 17.9. The van der Waals surface area contributed by atoms with Crippen LogP contribution in [-0.4, -0.2) is 17.3 Å². The van der Waals surface area contributed by atoms with Crippen LogP contribution in [0.4, 0.5) is 4.39 Å². The van der Waals surface area contributed by atoms with Gasteiger partial charge in [-0.1, -0.05) is 11.3 Å². The molecule has 1 heterocycles. The molecule has 0 aliphatic carbocycles. The quantitative estimate of drug-likeness (QED) is 0.763. The molecule has 3 nitrogen and oxygen atoms in total. The van der Waals surface area contributed by atoms with Gasteiger partial charge in [0.25, 0.3) is 0 Å². The molecular formula is C9H7FN2OS. The number of aromatic nitrogens is 2. The van der Waals surface area contributed by atoms with Crippen molar-refractivity contribution >= 4 is 11.3 Å². The van der Waals surface area contributed by atoms with Crippen molar-refractivity contribution in [2.24, 2.45) is 0 Å². The van der Waals surface area contributed by atoms with Gasteiger partial charge in [0.2, 0.25) is 0 Å². The summed E-state index contributed by atoms with van der Waals surface area (Å²) in [5.74, 6) is 0.150. The van der Waals surface area contributed by atoms with Crippen LogP contribution >= 0.6 is 11.3 Å². The third-order valence-corrected chi connectivity index (χ3v) is 2.48. The zero-order valence-corrected chi connectivity index (χ0v) is 8.21. The van der Waals surface area contributed by atoms with Crippen molar-refractivity contribution < 1.29 is 9.13 Å². The summed E-state index contributed by atoms with van der Waals surface area (Å²) in [6.07, 6.45) is 0. The van der Waals surface area contributed by atoms with Gasteiger partial charge in [-0.3, -0.25) is 0 Å². The molecular weight excluding hydrogens is 203 g/mol. The first-order valence-electron chi connectivity index (χ1n) is 3.91. The largest absolute Gasteiger partial charge is 0.496 e. The van der Waals surface area contributed by atoms with Crippen LogP contribution in [0.2, 0.25) is 0 Å². The van der Waals surface area contributed by atoms with Crippen LogP contribution < -0.4 is 4.74 Å². The Balaban J connectivity index is 2.53. The Kier molecular flexibility index (Phi) is 2.41. The van der Waals surface area contributed by atoms with Gasteiger partial charge in [-0.05, 0) is 12.1 Å². The second-order valence-corrected chi connectivity index (χ2v) is 3.42. The van der Waals surface area contributed by atoms with Crippen LogP contribution in [0.3, 0.4) is 0 Å². The third-order valence-electron chi connectivity index (χ3n) is 1.75. The average Bonchev–Trinajstić information content (AvgIpc) is 2.70. The molecule has 0 aliphatic heterocycles. The van der Waals surface area contributed by atoms with Crippen molar-refractivity contribution in [3.8, 4) is 16.3 Å². The maximum Gasteiger partial charge on any atom is 0.151 e. The lowest BCUT2D eigenvalue weighted by Crippen LogP contribution is -1.88. The maximum atomic E-state index is 12.9. The second-order valence-electron chi connectivity index (χ2n) is 2.59. The van der Waals surface area contributed by atoms with Gasteiger partial charge in [-0.25, -0.2) is 4.39 Å². The summed E-state index contributed by atoms with van der Waals surface area (Å²) >= 11 is 1.39. The van der Waals surface area contributed by atoms with E-state index in [9.17, 15) is 4.39 Å². The molecule has 0 spiro atoms. The molecule has 0 amide bonds. The minimum absolute atomic E-state index is 0.324. The van der Waals surface area contributed by atoms with E-state index < -0.39 is 0 Å². The minimum atomic E-state index is -0.324. The monoisotopic (exact) mass is 210 g/mol. The van der Waals surface area contributed by atoms with Crippen LogP contribution in [0.1, 0.15) is 0 Å². The molecule has 0 radical (unpaired) electrons. The van der Waals surface area contributed by atoms with Crippen LogP contribution in [0.25, 0.3) is 10.6 Å². The molecule has 72 valence electrons. The fraction of sp³-hybridized carbons (Fsp3) is 0.111. The maximum absolute atomic E-state index is 12.9. The van der Waals surface area contributed by atoms with Crippen molar-refractivity contribution in [2.75, 3.05) is 7.11 Å². The normalized spacial score (nSPS) is 10.1. The Morgan fingerprint density at radius 1 is 1.43 bits per heavy atom. The Morgan fingerprint density at radius 2 is 2.29 bits per heavy atom. The van der Waals surface area contributed by atoms with Gasteiger partial charge < -0.3 is 4.74 Å². The molecule has 0 N–H and O–H groups in total. The first-order valence-corrected chi connectivity index (χ1v) is 4.79. The lowest BCUT2D eigenvalue weighted by molar-refractivity contribution is 0.413. The summed E-state index contributed by atoms with van der Waals surface area (Å²) in [5.41, 5.74) is 2.38. The van der Waals surface area contributed by atoms with Crippen LogP contribution in [0.5, 0.6) is 5.75 Å². The Labute approximate surface area is 84.2 Å². The van der Waals surface area contributed by atoms with Crippen LogP contribution in [0.15, 0.2) is 23.7 Å². The molecule has 1 aromatic carbocycles. The number of hydrogen-bond acceptors (Lipinski definition) is 4. The lowest BCUT2D eigenvalue weighted by Gasteiger charge is -2.04. The molecule has 0 saturated heterocycles. The van der Waals surface area contributed by atoms with Gasteiger partial charge in [0.15, 0.2) is 5.01 Å². The summed E-state index contributed by atoms with van der Waals surface area (Å²) in [5, 5.41) is 8.33. The van der Waals surface area contributed by atoms with Crippen LogP contribution in [0, 0.1) is 5.82 Å². The Bertz CT molecular complexity index is 430. The van der Waals surface area contributed by atoms with Gasteiger partial charge in [0.05, 0.1) is 12.7 Å². The molecule has 14 heavy (non-hydrogen) atoms. The van der Waals surface area contributed by atoms with Crippen molar-refractivity contribution in [3.63, 3.8) is 0 Å². The smallest absolute Gasteiger partial charge is 0.151 e. The second kappa shape index (κ2) is 3.71. The van der Waals surface area contributed by atoms with E-state index >= 15 is 0 Å². The third kappa shape index (κ3) is 1.58. The molecule has 0 atom stereocenters. The van der Waals surface area contributed by atoms with Crippen LogP contribution in [-0.2, 0) is 0 Å². The number of benzene rings is 1. The van der Waals surface area contributed by atoms with Gasteiger partial charge in [0, 0.05) is 6.07 Å². The van der Waals surface area contributed by atoms with E-state index in [2.05, 4.69) is 10.2 Å². The van der Waals surface area contributed by atoms with Crippen molar-refractivity contribution in [1.82, 2.24) is 10.2 Å². The van der Waals surface area contributed by atoms with Gasteiger partial charge in [-0.2, -0.15) is 0 Å². The average molecular weight is 210 g/mol.